The summed E-state index contributed by atoms with van der Waals surface area (Å²) in [7, 11) is 3.14. The lowest BCUT2D eigenvalue weighted by Crippen LogP contribution is -2.55. The highest BCUT2D eigenvalue weighted by molar-refractivity contribution is 5.94. The molecule has 3 aromatic rings. The van der Waals surface area contributed by atoms with Gasteiger partial charge in [0.15, 0.2) is 17.3 Å². The third kappa shape index (κ3) is 3.02. The molecule has 10 heteroatoms. The molecule has 0 aliphatic carbocycles. The number of aromatic amines is 1. The Morgan fingerprint density at radius 2 is 2.00 bits per heavy atom. The van der Waals surface area contributed by atoms with Gasteiger partial charge in [-0.3, -0.25) is 9.89 Å². The van der Waals surface area contributed by atoms with Gasteiger partial charge in [-0.1, -0.05) is 0 Å². The highest BCUT2D eigenvalue weighted by Crippen LogP contribution is 2.36. The molecule has 10 nitrogen and oxygen atoms in total. The summed E-state index contributed by atoms with van der Waals surface area (Å²) in [6.45, 7) is 2.57. The fourth-order valence-corrected chi connectivity index (χ4v) is 3.19. The molecule has 0 radical (unpaired) electrons. The molecule has 1 aromatic carbocycles. The maximum Gasteiger partial charge on any atom is 0.240 e. The van der Waals surface area contributed by atoms with Crippen LogP contribution in [0.2, 0.25) is 0 Å². The third-order valence-electron chi connectivity index (χ3n) is 4.75. The molecule has 146 valence electrons. The normalized spacial score (nSPS) is 16.0. The van der Waals surface area contributed by atoms with E-state index in [1.807, 2.05) is 19.1 Å². The van der Waals surface area contributed by atoms with Gasteiger partial charge in [0.05, 0.1) is 19.7 Å². The Morgan fingerprint density at radius 1 is 1.25 bits per heavy atom. The first-order valence-corrected chi connectivity index (χ1v) is 8.79. The summed E-state index contributed by atoms with van der Waals surface area (Å²) < 4.78 is 10.8. The first kappa shape index (κ1) is 17.8. The number of hydrogen-bond acceptors (Lipinski definition) is 8. The van der Waals surface area contributed by atoms with E-state index < -0.39 is 6.04 Å². The zero-order chi connectivity index (χ0) is 19.8. The van der Waals surface area contributed by atoms with Gasteiger partial charge in [-0.05, 0) is 19.4 Å². The number of aryl methyl sites for hydroxylation is 1. The van der Waals surface area contributed by atoms with Crippen LogP contribution in [0.25, 0.3) is 10.9 Å². The molecule has 28 heavy (non-hydrogen) atoms. The predicted octanol–water partition coefficient (Wildman–Crippen LogP) is 1.49. The molecule has 0 bridgehead atoms. The van der Waals surface area contributed by atoms with E-state index in [1.165, 1.54) is 0 Å². The lowest BCUT2D eigenvalue weighted by molar-refractivity contribution is -0.120. The second-order valence-electron chi connectivity index (χ2n) is 6.56. The van der Waals surface area contributed by atoms with Crippen molar-refractivity contribution < 1.29 is 14.3 Å². The smallest absolute Gasteiger partial charge is 0.240 e. The van der Waals surface area contributed by atoms with E-state index in [4.69, 9.17) is 15.2 Å². The molecule has 1 amide bonds. The number of carbonyl (C=O) groups excluding carboxylic acids is 1. The van der Waals surface area contributed by atoms with Crippen LogP contribution in [0.1, 0.15) is 12.1 Å². The van der Waals surface area contributed by atoms with Crippen LogP contribution in [0.5, 0.6) is 11.5 Å². The molecule has 0 saturated carbocycles. The number of primary amides is 1. The number of H-pyrrole nitrogens is 1. The van der Waals surface area contributed by atoms with Crippen LogP contribution in [0.15, 0.2) is 18.2 Å². The van der Waals surface area contributed by atoms with Gasteiger partial charge >= 0.3 is 0 Å². The second kappa shape index (κ2) is 6.87. The van der Waals surface area contributed by atoms with Crippen LogP contribution in [-0.2, 0) is 4.79 Å². The Bertz CT molecular complexity index is 1050. The van der Waals surface area contributed by atoms with Crippen molar-refractivity contribution >= 4 is 34.4 Å². The van der Waals surface area contributed by atoms with Crippen molar-refractivity contribution in [2.45, 2.75) is 19.4 Å². The number of nitrogens with one attached hydrogen (secondary N) is 2. The monoisotopic (exact) mass is 383 g/mol. The van der Waals surface area contributed by atoms with E-state index in [-0.39, 0.29) is 5.91 Å². The molecular weight excluding hydrogens is 362 g/mol. The number of rotatable bonds is 6. The summed E-state index contributed by atoms with van der Waals surface area (Å²) in [5, 5.41) is 11.0. The molecule has 4 N–H and O–H groups in total. The fourth-order valence-electron chi connectivity index (χ4n) is 3.19. The number of carbonyl (C=O) groups is 1. The van der Waals surface area contributed by atoms with Gasteiger partial charge in [-0.2, -0.15) is 10.1 Å². The maximum atomic E-state index is 11.7. The quantitative estimate of drug-likeness (QED) is 0.583. The summed E-state index contributed by atoms with van der Waals surface area (Å²) in [5.74, 6) is 2.31. The average molecular weight is 383 g/mol. The van der Waals surface area contributed by atoms with Gasteiger partial charge in [0.2, 0.25) is 11.9 Å². The number of hydrogen-bond donors (Lipinski definition) is 3. The van der Waals surface area contributed by atoms with Crippen molar-refractivity contribution in [2.24, 2.45) is 5.73 Å². The van der Waals surface area contributed by atoms with Gasteiger partial charge in [0.25, 0.3) is 0 Å². The SMILES string of the molecule is COc1cc2nc(N3CCC3C(N)=O)nc(Nc3cc(C)[nH]n3)c2cc1OC. The highest BCUT2D eigenvalue weighted by Gasteiger charge is 2.35. The Hall–Kier alpha value is -3.56. The zero-order valence-electron chi connectivity index (χ0n) is 15.8. The van der Waals surface area contributed by atoms with E-state index in [1.54, 1.807) is 25.2 Å². The van der Waals surface area contributed by atoms with Crippen LogP contribution >= 0.6 is 0 Å². The summed E-state index contributed by atoms with van der Waals surface area (Å²) in [5.41, 5.74) is 7.04. The number of amides is 1. The molecule has 4 rings (SSSR count). The lowest BCUT2D eigenvalue weighted by Gasteiger charge is -2.38. The average Bonchev–Trinajstić information content (AvgIpc) is 3.04. The standard InChI is InChI=1S/C18H21N7O3/c1-9-6-15(24-23-9)21-17-10-7-13(27-2)14(28-3)8-11(10)20-18(22-17)25-5-4-12(25)16(19)26/h6-8,12H,4-5H2,1-3H3,(H2,19,26)(H2,20,21,22,23,24). The maximum absolute atomic E-state index is 11.7. The number of methoxy groups -OCH3 is 2. The Balaban J connectivity index is 1.85. The number of anilines is 3. The molecule has 1 aliphatic heterocycles. The molecule has 2 aromatic heterocycles. The Morgan fingerprint density at radius 3 is 2.57 bits per heavy atom. The summed E-state index contributed by atoms with van der Waals surface area (Å²) in [4.78, 5) is 22.7. The largest absolute Gasteiger partial charge is 0.493 e. The molecule has 1 unspecified atom stereocenters. The fraction of sp³-hybridized carbons (Fsp3) is 0.333. The van der Waals surface area contributed by atoms with Crippen molar-refractivity contribution in [3.05, 3.63) is 23.9 Å². The van der Waals surface area contributed by atoms with Crippen LogP contribution in [0.4, 0.5) is 17.6 Å². The number of ether oxygens (including phenoxy) is 2. The van der Waals surface area contributed by atoms with Crippen LogP contribution < -0.4 is 25.4 Å². The van der Waals surface area contributed by atoms with Gasteiger partial charge in [0.1, 0.15) is 11.9 Å². The van der Waals surface area contributed by atoms with E-state index >= 15 is 0 Å². The third-order valence-corrected chi connectivity index (χ3v) is 4.75. The molecule has 1 atom stereocenters. The van der Waals surface area contributed by atoms with E-state index in [2.05, 4.69) is 25.5 Å². The van der Waals surface area contributed by atoms with Gasteiger partial charge in [-0.15, -0.1) is 0 Å². The molecule has 3 heterocycles. The highest BCUT2D eigenvalue weighted by atomic mass is 16.5. The van der Waals surface area contributed by atoms with Crippen LogP contribution in [0, 0.1) is 6.92 Å². The summed E-state index contributed by atoms with van der Waals surface area (Å²) in [6, 6.07) is 5.04. The first-order chi connectivity index (χ1) is 13.5. The minimum absolute atomic E-state index is 0.389. The van der Waals surface area contributed by atoms with Crippen molar-refractivity contribution in [3.63, 3.8) is 0 Å². The summed E-state index contributed by atoms with van der Waals surface area (Å²) in [6.07, 6.45) is 0.685. The number of nitrogens with zero attached hydrogens (tertiary/aromatic N) is 4. The zero-order valence-corrected chi connectivity index (χ0v) is 15.8. The van der Waals surface area contributed by atoms with E-state index in [0.717, 1.165) is 11.1 Å². The van der Waals surface area contributed by atoms with Crippen molar-refractivity contribution in [1.29, 1.82) is 0 Å². The van der Waals surface area contributed by atoms with Crippen molar-refractivity contribution in [2.75, 3.05) is 31.0 Å². The second-order valence-corrected chi connectivity index (χ2v) is 6.56. The minimum Gasteiger partial charge on any atom is -0.493 e. The van der Waals surface area contributed by atoms with Gasteiger partial charge < -0.3 is 25.4 Å². The first-order valence-electron chi connectivity index (χ1n) is 8.79. The molecular formula is C18H21N7O3. The van der Waals surface area contributed by atoms with Crippen LogP contribution in [0.3, 0.4) is 0 Å². The van der Waals surface area contributed by atoms with Crippen LogP contribution in [-0.4, -0.2) is 52.9 Å². The van der Waals surface area contributed by atoms with Crippen molar-refractivity contribution in [1.82, 2.24) is 20.2 Å². The van der Waals surface area contributed by atoms with Gasteiger partial charge in [0, 0.05) is 29.8 Å². The predicted molar refractivity (Wildman–Crippen MR) is 104 cm³/mol. The van der Waals surface area contributed by atoms with Gasteiger partial charge in [-0.25, -0.2) is 4.98 Å². The van der Waals surface area contributed by atoms with E-state index in [0.29, 0.717) is 47.6 Å². The number of fused-ring (bicyclic) bond motifs is 1. The molecule has 1 aliphatic rings. The number of nitrogens with two attached hydrogens (primary N) is 1. The van der Waals surface area contributed by atoms with Crippen molar-refractivity contribution in [3.8, 4) is 11.5 Å². The minimum atomic E-state index is -0.405. The Kier molecular flexibility index (Phi) is 4.38. The lowest BCUT2D eigenvalue weighted by atomic mass is 10.0. The number of benzene rings is 1. The van der Waals surface area contributed by atoms with E-state index in [9.17, 15) is 4.79 Å². The topological polar surface area (TPSA) is 131 Å². The number of aromatic nitrogens is 4. The summed E-state index contributed by atoms with van der Waals surface area (Å²) >= 11 is 0. The molecule has 1 saturated heterocycles. The molecule has 0 spiro atoms. The molecule has 1 fully saturated rings. The Labute approximate surface area is 161 Å².